The summed E-state index contributed by atoms with van der Waals surface area (Å²) < 4.78 is 31.5. The Morgan fingerprint density at radius 2 is 1.89 bits per heavy atom. The third kappa shape index (κ3) is 3.13. The number of nitrogens with zero attached hydrogens (tertiary/aromatic N) is 1. The number of benzene rings is 1. The Hall–Kier alpha value is -1.75. The van der Waals surface area contributed by atoms with Crippen LogP contribution in [0.15, 0.2) is 28.8 Å². The first-order valence-electron chi connectivity index (χ1n) is 5.69. The minimum Gasteiger partial charge on any atom is -0.439 e. The van der Waals surface area contributed by atoms with E-state index < -0.39 is 11.6 Å². The van der Waals surface area contributed by atoms with Gasteiger partial charge in [0.2, 0.25) is 5.89 Å². The van der Waals surface area contributed by atoms with Gasteiger partial charge in [-0.2, -0.15) is 0 Å². The number of aromatic nitrogens is 1. The first-order valence-corrected chi connectivity index (χ1v) is 5.69. The zero-order valence-corrected chi connectivity index (χ0v) is 10.2. The molecule has 0 unspecified atom stereocenters. The minimum atomic E-state index is -0.636. The summed E-state index contributed by atoms with van der Waals surface area (Å²) in [6, 6.07) is 3.56. The number of oxazole rings is 1. The van der Waals surface area contributed by atoms with Crippen molar-refractivity contribution in [2.45, 2.75) is 26.4 Å². The van der Waals surface area contributed by atoms with Gasteiger partial charge >= 0.3 is 0 Å². The highest BCUT2D eigenvalue weighted by Crippen LogP contribution is 2.22. The van der Waals surface area contributed by atoms with Gasteiger partial charge < -0.3 is 9.73 Å². The van der Waals surface area contributed by atoms with Crippen LogP contribution < -0.4 is 5.32 Å². The predicted octanol–water partition coefficient (Wildman–Crippen LogP) is 3.12. The van der Waals surface area contributed by atoms with Crippen molar-refractivity contribution in [1.29, 1.82) is 0 Å². The van der Waals surface area contributed by atoms with Gasteiger partial charge in [-0.3, -0.25) is 0 Å². The number of hydrogen-bond donors (Lipinski definition) is 1. The quantitative estimate of drug-likeness (QED) is 0.908. The van der Waals surface area contributed by atoms with E-state index in [0.29, 0.717) is 29.8 Å². The van der Waals surface area contributed by atoms with Crippen LogP contribution in [0.4, 0.5) is 8.78 Å². The molecule has 2 rings (SSSR count). The normalized spacial score (nSPS) is 11.2. The lowest BCUT2D eigenvalue weighted by Crippen LogP contribution is -2.21. The van der Waals surface area contributed by atoms with E-state index >= 15 is 0 Å². The van der Waals surface area contributed by atoms with Gasteiger partial charge in [-0.15, -0.1) is 0 Å². The Labute approximate surface area is 104 Å². The predicted molar refractivity (Wildman–Crippen MR) is 63.8 cm³/mol. The van der Waals surface area contributed by atoms with Crippen LogP contribution in [0.25, 0.3) is 11.3 Å². The van der Waals surface area contributed by atoms with Crippen LogP contribution in [0.1, 0.15) is 19.7 Å². The molecule has 0 spiro atoms. The van der Waals surface area contributed by atoms with Crippen molar-refractivity contribution in [3.8, 4) is 11.3 Å². The van der Waals surface area contributed by atoms with E-state index in [0.717, 1.165) is 6.07 Å². The lowest BCUT2D eigenvalue weighted by molar-refractivity contribution is 0.458. The Kier molecular flexibility index (Phi) is 3.72. The number of nitrogens with one attached hydrogen (secondary N) is 1. The van der Waals surface area contributed by atoms with Gasteiger partial charge in [0.25, 0.3) is 0 Å². The third-order valence-corrected chi connectivity index (χ3v) is 2.36. The fourth-order valence-corrected chi connectivity index (χ4v) is 1.51. The molecule has 0 aliphatic carbocycles. The molecule has 18 heavy (non-hydrogen) atoms. The number of hydrogen-bond acceptors (Lipinski definition) is 3. The van der Waals surface area contributed by atoms with Gasteiger partial charge in [0.1, 0.15) is 11.6 Å². The molecule has 0 aliphatic heterocycles. The monoisotopic (exact) mass is 252 g/mol. The minimum absolute atomic E-state index is 0.312. The van der Waals surface area contributed by atoms with Gasteiger partial charge in [-0.25, -0.2) is 13.8 Å². The Morgan fingerprint density at radius 3 is 2.50 bits per heavy atom. The smallest absolute Gasteiger partial charge is 0.208 e. The molecule has 0 amide bonds. The molecular weight excluding hydrogens is 238 g/mol. The molecule has 3 nitrogen and oxygen atoms in total. The molecule has 96 valence electrons. The largest absolute Gasteiger partial charge is 0.439 e. The third-order valence-electron chi connectivity index (χ3n) is 2.36. The molecule has 1 heterocycles. The number of rotatable bonds is 4. The van der Waals surface area contributed by atoms with Crippen molar-refractivity contribution >= 4 is 0 Å². The van der Waals surface area contributed by atoms with Gasteiger partial charge in [0, 0.05) is 17.7 Å². The highest BCUT2D eigenvalue weighted by Gasteiger charge is 2.09. The maximum absolute atomic E-state index is 13.1. The van der Waals surface area contributed by atoms with Crippen molar-refractivity contribution < 1.29 is 13.2 Å². The van der Waals surface area contributed by atoms with Crippen LogP contribution in [0, 0.1) is 11.6 Å². The molecule has 1 aromatic carbocycles. The van der Waals surface area contributed by atoms with E-state index in [1.807, 2.05) is 13.8 Å². The molecule has 2 aromatic rings. The topological polar surface area (TPSA) is 38.1 Å². The van der Waals surface area contributed by atoms with Crippen LogP contribution >= 0.6 is 0 Å². The van der Waals surface area contributed by atoms with Gasteiger partial charge in [0.15, 0.2) is 5.76 Å². The molecule has 0 saturated carbocycles. The zero-order valence-electron chi connectivity index (χ0n) is 10.2. The standard InChI is InChI=1S/C13H14F2N2O/c1-8(2)16-7-13-17-6-12(18-13)9-3-10(14)5-11(15)4-9/h3-6,8,16H,7H2,1-2H3. The summed E-state index contributed by atoms with van der Waals surface area (Å²) in [6.07, 6.45) is 1.46. The van der Waals surface area contributed by atoms with E-state index in [9.17, 15) is 8.78 Å². The molecule has 0 atom stereocenters. The SMILES string of the molecule is CC(C)NCc1ncc(-c2cc(F)cc(F)c2)o1. The summed E-state index contributed by atoms with van der Waals surface area (Å²) in [6.45, 7) is 4.49. The summed E-state index contributed by atoms with van der Waals surface area (Å²) >= 11 is 0. The van der Waals surface area contributed by atoms with E-state index in [1.165, 1.54) is 18.3 Å². The summed E-state index contributed by atoms with van der Waals surface area (Å²) in [5.41, 5.74) is 0.343. The molecule has 0 fully saturated rings. The molecule has 0 saturated heterocycles. The second-order valence-corrected chi connectivity index (χ2v) is 4.31. The average molecular weight is 252 g/mol. The van der Waals surface area contributed by atoms with Crippen LogP contribution in [0.5, 0.6) is 0 Å². The lowest BCUT2D eigenvalue weighted by Gasteiger charge is -2.04. The van der Waals surface area contributed by atoms with Crippen molar-refractivity contribution in [3.63, 3.8) is 0 Å². The van der Waals surface area contributed by atoms with Gasteiger partial charge in [-0.05, 0) is 12.1 Å². The molecule has 0 radical (unpaired) electrons. The van der Waals surface area contributed by atoms with Crippen LogP contribution in [-0.2, 0) is 6.54 Å². The van der Waals surface area contributed by atoms with Crippen molar-refractivity contribution in [2.75, 3.05) is 0 Å². The van der Waals surface area contributed by atoms with Crippen molar-refractivity contribution in [3.05, 3.63) is 41.9 Å². The lowest BCUT2D eigenvalue weighted by atomic mass is 10.2. The Morgan fingerprint density at radius 1 is 1.22 bits per heavy atom. The summed E-state index contributed by atoms with van der Waals surface area (Å²) in [5.74, 6) is -0.427. The molecule has 0 aliphatic rings. The van der Waals surface area contributed by atoms with Crippen LogP contribution in [0.2, 0.25) is 0 Å². The average Bonchev–Trinajstić information content (AvgIpc) is 2.73. The summed E-state index contributed by atoms with van der Waals surface area (Å²) in [7, 11) is 0. The van der Waals surface area contributed by atoms with E-state index in [1.54, 1.807) is 0 Å². The second-order valence-electron chi connectivity index (χ2n) is 4.31. The summed E-state index contributed by atoms with van der Waals surface area (Å²) in [5, 5.41) is 3.14. The summed E-state index contributed by atoms with van der Waals surface area (Å²) in [4.78, 5) is 4.05. The molecule has 1 aromatic heterocycles. The Balaban J connectivity index is 2.18. The van der Waals surface area contributed by atoms with E-state index in [4.69, 9.17) is 4.42 Å². The number of halogens is 2. The first-order chi connectivity index (χ1) is 8.54. The van der Waals surface area contributed by atoms with E-state index in [-0.39, 0.29) is 0 Å². The molecular formula is C13H14F2N2O. The van der Waals surface area contributed by atoms with E-state index in [2.05, 4.69) is 10.3 Å². The van der Waals surface area contributed by atoms with Gasteiger partial charge in [-0.1, -0.05) is 13.8 Å². The maximum atomic E-state index is 13.1. The van der Waals surface area contributed by atoms with Crippen LogP contribution in [-0.4, -0.2) is 11.0 Å². The van der Waals surface area contributed by atoms with Crippen molar-refractivity contribution in [2.24, 2.45) is 0 Å². The first kappa shape index (κ1) is 12.7. The maximum Gasteiger partial charge on any atom is 0.208 e. The fraction of sp³-hybridized carbons (Fsp3) is 0.308. The molecule has 0 bridgehead atoms. The molecule has 1 N–H and O–H groups in total. The Bertz CT molecular complexity index is 517. The fourth-order valence-electron chi connectivity index (χ4n) is 1.51. The molecule has 5 heteroatoms. The van der Waals surface area contributed by atoms with Gasteiger partial charge in [0.05, 0.1) is 12.7 Å². The van der Waals surface area contributed by atoms with Crippen molar-refractivity contribution in [1.82, 2.24) is 10.3 Å². The second kappa shape index (κ2) is 5.27. The van der Waals surface area contributed by atoms with Crippen LogP contribution in [0.3, 0.4) is 0 Å². The highest BCUT2D eigenvalue weighted by atomic mass is 19.1. The highest BCUT2D eigenvalue weighted by molar-refractivity contribution is 5.56. The zero-order chi connectivity index (χ0) is 13.1.